The average Bonchev–Trinajstić information content (AvgIpc) is 3.01. The largest absolute Gasteiger partial charge is 0.481 e. The molecule has 0 fully saturated rings. The molecule has 9 nitrogen and oxygen atoms in total. The number of alkyl halides is 9. The van der Waals surface area contributed by atoms with E-state index in [2.05, 4.69) is 0 Å². The Morgan fingerprint density at radius 3 is 1.52 bits per heavy atom. The van der Waals surface area contributed by atoms with Crippen LogP contribution in [0.5, 0.6) is 11.5 Å². The van der Waals surface area contributed by atoms with Crippen LogP contribution < -0.4 is 9.47 Å². The Bertz CT molecular complexity index is 1840. The maximum absolute atomic E-state index is 12.9. The van der Waals surface area contributed by atoms with Gasteiger partial charge in [-0.2, -0.15) is 39.5 Å². The fourth-order valence-electron chi connectivity index (χ4n) is 4.02. The molecule has 0 saturated heterocycles. The van der Waals surface area contributed by atoms with Crippen molar-refractivity contribution in [3.05, 3.63) is 106 Å². The number of carbonyl (C=O) groups is 2. The third-order valence-electron chi connectivity index (χ3n) is 6.08. The lowest BCUT2D eigenvalue weighted by Crippen LogP contribution is -2.11. The molecule has 266 valence electrons. The van der Waals surface area contributed by atoms with Gasteiger partial charge >= 0.3 is 29.8 Å². The Morgan fingerprint density at radius 1 is 0.660 bits per heavy atom. The number of carboxylic acid groups (broad SMARTS) is 2. The molecule has 0 aromatic heterocycles. The fraction of sp³-hybridized carbons (Fsp3) is 0.161. The molecule has 4 aromatic rings. The van der Waals surface area contributed by atoms with Crippen LogP contribution in [0.3, 0.4) is 0 Å². The molecule has 0 unspecified atom stereocenters. The summed E-state index contributed by atoms with van der Waals surface area (Å²) in [6.45, 7) is -1.54. The van der Waals surface area contributed by atoms with Gasteiger partial charge in [0.15, 0.2) is 13.2 Å². The summed E-state index contributed by atoms with van der Waals surface area (Å²) in [4.78, 5) is 31.0. The number of aliphatic carboxylic acids is 2. The van der Waals surface area contributed by atoms with E-state index in [-0.39, 0.29) is 44.3 Å². The van der Waals surface area contributed by atoms with Gasteiger partial charge in [0.05, 0.1) is 16.1 Å². The highest BCUT2D eigenvalue weighted by molar-refractivity contribution is 8.00. The topological polar surface area (TPSA) is 136 Å². The number of non-ortho nitro benzene ring substituents is 1. The Kier molecular flexibility index (Phi) is 12.3. The molecule has 0 aliphatic carbocycles. The minimum absolute atomic E-state index is 0.0130. The molecule has 50 heavy (non-hydrogen) atoms. The summed E-state index contributed by atoms with van der Waals surface area (Å²) in [5, 5.41) is 27.9. The van der Waals surface area contributed by atoms with Crippen LogP contribution in [0.15, 0.2) is 89.8 Å². The maximum atomic E-state index is 12.9. The Balaban J connectivity index is 0.000000271. The number of hydrogen-bond acceptors (Lipinski definition) is 7. The van der Waals surface area contributed by atoms with Crippen LogP contribution in [-0.2, 0) is 21.9 Å². The van der Waals surface area contributed by atoms with Gasteiger partial charge < -0.3 is 19.7 Å². The number of carboxylic acids is 2. The molecule has 0 spiro atoms. The normalized spacial score (nSPS) is 11.6. The van der Waals surface area contributed by atoms with Crippen molar-refractivity contribution >= 4 is 29.4 Å². The van der Waals surface area contributed by atoms with E-state index in [0.717, 1.165) is 48.5 Å². The van der Waals surface area contributed by atoms with Crippen LogP contribution in [0.25, 0.3) is 22.3 Å². The highest BCUT2D eigenvalue weighted by Gasteiger charge is 2.33. The third-order valence-corrected chi connectivity index (χ3v) is 6.80. The van der Waals surface area contributed by atoms with Gasteiger partial charge in [-0.1, -0.05) is 12.1 Å². The quantitative estimate of drug-likeness (QED) is 0.0707. The molecule has 0 atom stereocenters. The molecule has 0 aliphatic rings. The van der Waals surface area contributed by atoms with E-state index < -0.39 is 70.8 Å². The summed E-state index contributed by atoms with van der Waals surface area (Å²) in [5.41, 5.74) is -6.68. The van der Waals surface area contributed by atoms with E-state index in [0.29, 0.717) is 12.1 Å². The van der Waals surface area contributed by atoms with Gasteiger partial charge in [0.25, 0.3) is 5.69 Å². The van der Waals surface area contributed by atoms with Crippen LogP contribution in [-0.4, -0.2) is 45.8 Å². The van der Waals surface area contributed by atoms with Gasteiger partial charge in [-0.25, -0.2) is 9.59 Å². The van der Waals surface area contributed by atoms with Crippen LogP contribution in [0.4, 0.5) is 45.2 Å². The number of ether oxygens (including phenoxy) is 2. The zero-order valence-corrected chi connectivity index (χ0v) is 25.4. The maximum Gasteiger partial charge on any atom is 0.446 e. The average molecular weight is 738 g/mol. The summed E-state index contributed by atoms with van der Waals surface area (Å²) in [5.74, 6) is -2.89. The Morgan fingerprint density at radius 2 is 1.12 bits per heavy atom. The van der Waals surface area contributed by atoms with Gasteiger partial charge in [-0.05, 0) is 83.6 Å². The van der Waals surface area contributed by atoms with Crippen molar-refractivity contribution in [1.82, 2.24) is 0 Å². The highest BCUT2D eigenvalue weighted by atomic mass is 32.2. The molecular weight excluding hydrogens is 717 g/mol. The van der Waals surface area contributed by atoms with E-state index in [1.807, 2.05) is 0 Å². The van der Waals surface area contributed by atoms with Crippen LogP contribution in [0.2, 0.25) is 0 Å². The van der Waals surface area contributed by atoms with Crippen molar-refractivity contribution in [2.75, 3.05) is 13.2 Å². The number of thioether (sulfide) groups is 1. The zero-order valence-electron chi connectivity index (χ0n) is 24.6. The minimum Gasteiger partial charge on any atom is -0.481 e. The molecule has 0 heterocycles. The lowest BCUT2D eigenvalue weighted by atomic mass is 10.0. The first kappa shape index (κ1) is 39.0. The number of nitro groups is 1. The summed E-state index contributed by atoms with van der Waals surface area (Å²) >= 11 is -0.414. The van der Waals surface area contributed by atoms with Crippen molar-refractivity contribution in [2.24, 2.45) is 0 Å². The summed E-state index contributed by atoms with van der Waals surface area (Å²) in [7, 11) is 0. The Labute approximate surface area is 279 Å². The van der Waals surface area contributed by atoms with Crippen LogP contribution >= 0.6 is 11.8 Å². The second-order valence-corrected chi connectivity index (χ2v) is 10.8. The van der Waals surface area contributed by atoms with E-state index in [9.17, 15) is 59.2 Å². The number of nitrogens with zero attached hydrogens (tertiary/aromatic N) is 1. The molecule has 0 saturated carbocycles. The SMILES string of the molecule is O=C(O)COc1ccc(C(F)(F)F)cc1-c1ccc([N+](=O)[O-])cc1.O=C(O)COc1ccc(C(F)(F)F)cc1-c1cccc(SC(F)(F)F)c1. The predicted molar refractivity (Wildman–Crippen MR) is 159 cm³/mol. The van der Waals surface area contributed by atoms with E-state index in [4.69, 9.17) is 19.7 Å². The monoisotopic (exact) mass is 737 g/mol. The fourth-order valence-corrected chi connectivity index (χ4v) is 4.62. The minimum atomic E-state index is -4.68. The molecular formula is C31H20F9NO8S. The number of rotatable bonds is 10. The van der Waals surface area contributed by atoms with Crippen LogP contribution in [0.1, 0.15) is 11.1 Å². The molecule has 0 amide bonds. The van der Waals surface area contributed by atoms with Crippen molar-refractivity contribution in [1.29, 1.82) is 0 Å². The predicted octanol–water partition coefficient (Wildman–Crippen LogP) is 9.19. The van der Waals surface area contributed by atoms with Gasteiger partial charge in [0.2, 0.25) is 0 Å². The standard InChI is InChI=1S/C16H10F6O3S.C15H10F3NO5/c17-15(18,19)10-4-5-13(25-8-14(23)24)12(7-10)9-2-1-3-11(6-9)26-16(20,21)22;16-15(17,18)10-3-6-13(24-8-14(20)21)12(7-10)9-1-4-11(5-2-9)19(22)23/h1-7H,8H2,(H,23,24);1-7H,8H2,(H,20,21). The molecule has 0 bridgehead atoms. The first-order valence-corrected chi connectivity index (χ1v) is 14.2. The molecule has 4 aromatic carbocycles. The summed E-state index contributed by atoms with van der Waals surface area (Å²) in [6.07, 6.45) is -9.28. The van der Waals surface area contributed by atoms with Crippen molar-refractivity contribution in [3.8, 4) is 33.8 Å². The molecule has 2 N–H and O–H groups in total. The first-order chi connectivity index (χ1) is 23.1. The number of hydrogen-bond donors (Lipinski definition) is 2. The zero-order chi connectivity index (χ0) is 37.4. The Hall–Kier alpha value is -5.46. The molecule has 0 aliphatic heterocycles. The third kappa shape index (κ3) is 11.6. The van der Waals surface area contributed by atoms with Gasteiger partial charge in [0, 0.05) is 28.2 Å². The van der Waals surface area contributed by atoms with Crippen LogP contribution in [0, 0.1) is 10.1 Å². The van der Waals surface area contributed by atoms with Gasteiger partial charge in [0.1, 0.15) is 11.5 Å². The van der Waals surface area contributed by atoms with E-state index in [1.165, 1.54) is 24.3 Å². The summed E-state index contributed by atoms with van der Waals surface area (Å²) in [6, 6.07) is 14.5. The summed E-state index contributed by atoms with van der Waals surface area (Å²) < 4.78 is 125. The first-order valence-electron chi connectivity index (χ1n) is 13.4. The number of nitro benzene ring substituents is 1. The van der Waals surface area contributed by atoms with Gasteiger partial charge in [-0.15, -0.1) is 0 Å². The number of halogens is 9. The number of benzene rings is 4. The lowest BCUT2D eigenvalue weighted by Gasteiger charge is -2.15. The van der Waals surface area contributed by atoms with E-state index in [1.54, 1.807) is 0 Å². The van der Waals surface area contributed by atoms with Crippen molar-refractivity contribution < 1.29 is 73.7 Å². The van der Waals surface area contributed by atoms with Gasteiger partial charge in [-0.3, -0.25) is 10.1 Å². The molecule has 0 radical (unpaired) electrons. The smallest absolute Gasteiger partial charge is 0.446 e. The lowest BCUT2D eigenvalue weighted by molar-refractivity contribution is -0.384. The second-order valence-electron chi connectivity index (χ2n) is 9.66. The highest BCUT2D eigenvalue weighted by Crippen LogP contribution is 2.42. The second kappa shape index (κ2) is 15.8. The van der Waals surface area contributed by atoms with Crippen molar-refractivity contribution in [3.63, 3.8) is 0 Å². The molecule has 4 rings (SSSR count). The molecule has 19 heteroatoms. The van der Waals surface area contributed by atoms with E-state index >= 15 is 0 Å². The van der Waals surface area contributed by atoms with Crippen molar-refractivity contribution in [2.45, 2.75) is 22.8 Å².